The van der Waals surface area contributed by atoms with E-state index in [9.17, 15) is 0 Å². The van der Waals surface area contributed by atoms with E-state index in [-0.39, 0.29) is 5.92 Å². The van der Waals surface area contributed by atoms with Gasteiger partial charge in [0.05, 0.1) is 23.9 Å². The third-order valence-electron chi connectivity index (χ3n) is 1.69. The molecule has 0 radical (unpaired) electrons. The van der Waals surface area contributed by atoms with Crippen molar-refractivity contribution in [3.63, 3.8) is 0 Å². The predicted molar refractivity (Wildman–Crippen MR) is 39.3 cm³/mol. The van der Waals surface area contributed by atoms with Crippen molar-refractivity contribution in [2.45, 2.75) is 0 Å². The van der Waals surface area contributed by atoms with Gasteiger partial charge in [-0.2, -0.15) is 15.5 Å². The van der Waals surface area contributed by atoms with E-state index in [2.05, 4.69) is 16.3 Å². The van der Waals surface area contributed by atoms with Gasteiger partial charge in [0.2, 0.25) is 0 Å². The smallest absolute Gasteiger partial charge is 0.0933 e. The summed E-state index contributed by atoms with van der Waals surface area (Å²) < 4.78 is 0. The molecule has 1 heterocycles. The molecule has 1 atom stereocenters. The maximum absolute atomic E-state index is 8.69. The third kappa shape index (κ3) is 0.802. The fourth-order valence-electron chi connectivity index (χ4n) is 1.12. The fraction of sp³-hybridized carbons (Fsp3) is 0.125. The number of hydrogen-bond acceptors (Lipinski definition) is 3. The second kappa shape index (κ2) is 2.17. The van der Waals surface area contributed by atoms with E-state index in [1.54, 1.807) is 6.20 Å². The molecular weight excluding hydrogens is 138 g/mol. The molecule has 0 aromatic heterocycles. The first kappa shape index (κ1) is 6.05. The summed E-state index contributed by atoms with van der Waals surface area (Å²) in [6.45, 7) is 0. The van der Waals surface area contributed by atoms with E-state index in [0.29, 0.717) is 0 Å². The lowest BCUT2D eigenvalue weighted by Crippen LogP contribution is -2.00. The van der Waals surface area contributed by atoms with Gasteiger partial charge in [0.15, 0.2) is 0 Å². The summed E-state index contributed by atoms with van der Waals surface area (Å²) in [5.41, 5.74) is 1.73. The number of azo groups is 1. The van der Waals surface area contributed by atoms with Crippen LogP contribution in [-0.4, -0.2) is 0 Å². The van der Waals surface area contributed by atoms with Gasteiger partial charge in [-0.1, -0.05) is 12.2 Å². The van der Waals surface area contributed by atoms with Crippen molar-refractivity contribution in [2.75, 3.05) is 0 Å². The van der Waals surface area contributed by atoms with Gasteiger partial charge >= 0.3 is 0 Å². The molecule has 0 bridgehead atoms. The molecule has 0 N–H and O–H groups in total. The Bertz CT molecular complexity index is 339. The lowest BCUT2D eigenvalue weighted by Gasteiger charge is -2.07. The number of fused-ring (bicyclic) bond motifs is 1. The average molecular weight is 143 g/mol. The summed E-state index contributed by atoms with van der Waals surface area (Å²) in [7, 11) is 0. The van der Waals surface area contributed by atoms with Gasteiger partial charge in [-0.15, -0.1) is 0 Å². The van der Waals surface area contributed by atoms with E-state index >= 15 is 0 Å². The lowest BCUT2D eigenvalue weighted by atomic mass is 9.95. The van der Waals surface area contributed by atoms with Crippen LogP contribution in [0.1, 0.15) is 0 Å². The Kier molecular flexibility index (Phi) is 1.19. The molecule has 0 amide bonds. The lowest BCUT2D eigenvalue weighted by molar-refractivity contribution is 0.979. The first-order valence-electron chi connectivity index (χ1n) is 3.31. The van der Waals surface area contributed by atoms with Gasteiger partial charge in [0.1, 0.15) is 0 Å². The number of hydrogen-bond donors (Lipinski definition) is 0. The van der Waals surface area contributed by atoms with Crippen LogP contribution < -0.4 is 0 Å². The van der Waals surface area contributed by atoms with E-state index in [0.717, 1.165) is 11.3 Å². The molecule has 0 unspecified atom stereocenters. The van der Waals surface area contributed by atoms with Crippen LogP contribution in [0.15, 0.2) is 45.9 Å². The Balaban J connectivity index is 2.44. The average Bonchev–Trinajstić information content (AvgIpc) is 2.50. The Morgan fingerprint density at radius 1 is 1.55 bits per heavy atom. The predicted octanol–water partition coefficient (Wildman–Crippen LogP) is 1.93. The van der Waals surface area contributed by atoms with Crippen LogP contribution >= 0.6 is 0 Å². The second-order valence-corrected chi connectivity index (χ2v) is 2.34. The topological polar surface area (TPSA) is 48.5 Å². The first-order valence-corrected chi connectivity index (χ1v) is 3.31. The van der Waals surface area contributed by atoms with Crippen molar-refractivity contribution in [2.24, 2.45) is 16.1 Å². The molecule has 0 aromatic rings. The largest absolute Gasteiger partial charge is 0.197 e. The minimum atomic E-state index is -0.162. The van der Waals surface area contributed by atoms with Crippen molar-refractivity contribution in [1.29, 1.82) is 5.26 Å². The normalized spacial score (nSPS) is 25.5. The van der Waals surface area contributed by atoms with Gasteiger partial charge in [-0.05, 0) is 6.08 Å². The number of nitrogens with zero attached hydrogens (tertiary/aromatic N) is 3. The van der Waals surface area contributed by atoms with Crippen molar-refractivity contribution in [3.05, 3.63) is 35.7 Å². The van der Waals surface area contributed by atoms with Crippen molar-refractivity contribution in [1.82, 2.24) is 0 Å². The molecule has 0 aromatic carbocycles. The standard InChI is InChI=1S/C8H5N3/c9-4-6-2-1-3-8-7(6)5-10-11-8/h1-3,5-6H/t6-/m1/s1. The second-order valence-electron chi connectivity index (χ2n) is 2.34. The zero-order valence-electron chi connectivity index (χ0n) is 5.73. The Morgan fingerprint density at radius 3 is 3.27 bits per heavy atom. The summed E-state index contributed by atoms with van der Waals surface area (Å²) in [4.78, 5) is 0. The minimum Gasteiger partial charge on any atom is -0.197 e. The van der Waals surface area contributed by atoms with Gasteiger partial charge in [0.25, 0.3) is 0 Å². The third-order valence-corrected chi connectivity index (χ3v) is 1.69. The summed E-state index contributed by atoms with van der Waals surface area (Å²) in [6, 6.07) is 2.16. The summed E-state index contributed by atoms with van der Waals surface area (Å²) in [5, 5.41) is 16.3. The minimum absolute atomic E-state index is 0.162. The zero-order valence-corrected chi connectivity index (χ0v) is 5.73. The van der Waals surface area contributed by atoms with Gasteiger partial charge in [-0.3, -0.25) is 0 Å². The molecule has 3 heteroatoms. The van der Waals surface area contributed by atoms with E-state index in [1.807, 2.05) is 18.2 Å². The summed E-state index contributed by atoms with van der Waals surface area (Å²) >= 11 is 0. The highest BCUT2D eigenvalue weighted by Crippen LogP contribution is 2.29. The summed E-state index contributed by atoms with van der Waals surface area (Å²) in [6.07, 6.45) is 7.18. The van der Waals surface area contributed by atoms with Crippen LogP contribution in [0.4, 0.5) is 0 Å². The SMILES string of the molecule is N#C[C@H]1C=CC=C2N=NC=C21. The molecule has 0 saturated heterocycles. The maximum atomic E-state index is 8.69. The quantitative estimate of drug-likeness (QED) is 0.511. The monoisotopic (exact) mass is 143 g/mol. The van der Waals surface area contributed by atoms with E-state index in [1.165, 1.54) is 0 Å². The van der Waals surface area contributed by atoms with Gasteiger partial charge < -0.3 is 0 Å². The van der Waals surface area contributed by atoms with Crippen molar-refractivity contribution < 1.29 is 0 Å². The molecule has 0 saturated carbocycles. The molecule has 1 aliphatic heterocycles. The van der Waals surface area contributed by atoms with Crippen LogP contribution in [0.5, 0.6) is 0 Å². The van der Waals surface area contributed by atoms with Crippen LogP contribution in [0.3, 0.4) is 0 Å². The molecule has 2 aliphatic rings. The molecule has 52 valence electrons. The van der Waals surface area contributed by atoms with Gasteiger partial charge in [0, 0.05) is 5.57 Å². The fourth-order valence-corrected chi connectivity index (χ4v) is 1.12. The highest BCUT2D eigenvalue weighted by molar-refractivity contribution is 5.45. The Hall–Kier alpha value is -1.69. The molecule has 3 nitrogen and oxygen atoms in total. The zero-order chi connectivity index (χ0) is 7.68. The van der Waals surface area contributed by atoms with Crippen LogP contribution in [0, 0.1) is 17.2 Å². The number of rotatable bonds is 0. The van der Waals surface area contributed by atoms with Crippen molar-refractivity contribution in [3.8, 4) is 6.07 Å². The summed E-state index contributed by atoms with van der Waals surface area (Å²) in [5.74, 6) is -0.162. The first-order chi connectivity index (χ1) is 5.42. The van der Waals surface area contributed by atoms with E-state index in [4.69, 9.17) is 5.26 Å². The van der Waals surface area contributed by atoms with Crippen LogP contribution in [0.2, 0.25) is 0 Å². The maximum Gasteiger partial charge on any atom is 0.0933 e. The Labute approximate surface area is 64.1 Å². The molecule has 0 spiro atoms. The highest BCUT2D eigenvalue weighted by atomic mass is 15.1. The number of allylic oxidation sites excluding steroid dienone is 4. The van der Waals surface area contributed by atoms with Crippen LogP contribution in [-0.2, 0) is 0 Å². The Morgan fingerprint density at radius 2 is 2.45 bits per heavy atom. The molecule has 2 rings (SSSR count). The molecule has 11 heavy (non-hydrogen) atoms. The van der Waals surface area contributed by atoms with Crippen LogP contribution in [0.25, 0.3) is 0 Å². The number of nitriles is 1. The molecule has 1 aliphatic carbocycles. The van der Waals surface area contributed by atoms with E-state index < -0.39 is 0 Å². The van der Waals surface area contributed by atoms with Crippen molar-refractivity contribution >= 4 is 0 Å². The van der Waals surface area contributed by atoms with Gasteiger partial charge in [-0.25, -0.2) is 0 Å². The molecule has 0 fully saturated rings. The highest BCUT2D eigenvalue weighted by Gasteiger charge is 2.20. The molecular formula is C8H5N3.